The van der Waals surface area contributed by atoms with E-state index in [4.69, 9.17) is 16.7 Å². The lowest BCUT2D eigenvalue weighted by molar-refractivity contribution is 0.283. The summed E-state index contributed by atoms with van der Waals surface area (Å²) in [5, 5.41) is 14.4. The number of aliphatic hydroxyl groups excluding tert-OH is 1. The van der Waals surface area contributed by atoms with Crippen molar-refractivity contribution in [2.75, 3.05) is 13.2 Å². The lowest BCUT2D eigenvalue weighted by Gasteiger charge is -2.07. The molecular weight excluding hydrogens is 320 g/mol. The fraction of sp³-hybridized carbons (Fsp3) is 0.300. The van der Waals surface area contributed by atoms with E-state index in [9.17, 15) is 0 Å². The first-order valence-electron chi connectivity index (χ1n) is 8.41. The molecule has 0 aliphatic heterocycles. The number of para-hydroxylation sites is 1. The number of aliphatic hydroxyl groups is 1. The maximum Gasteiger partial charge on any atom is 0.0491 e. The van der Waals surface area contributed by atoms with Gasteiger partial charge < -0.3 is 15.0 Å². The van der Waals surface area contributed by atoms with Crippen LogP contribution in [0.5, 0.6) is 0 Å². The Morgan fingerprint density at radius 1 is 0.958 bits per heavy atom. The molecule has 2 aromatic carbocycles. The van der Waals surface area contributed by atoms with Gasteiger partial charge in [0.1, 0.15) is 0 Å². The lowest BCUT2D eigenvalue weighted by atomic mass is 10.2. The van der Waals surface area contributed by atoms with Crippen LogP contribution in [0.2, 0.25) is 5.02 Å². The van der Waals surface area contributed by atoms with Gasteiger partial charge in [0.05, 0.1) is 0 Å². The van der Waals surface area contributed by atoms with Gasteiger partial charge in [0.15, 0.2) is 0 Å². The molecule has 2 N–H and O–H groups in total. The number of aromatic nitrogens is 1. The molecule has 0 fully saturated rings. The number of nitrogens with one attached hydrogen (secondary N) is 1. The zero-order chi connectivity index (χ0) is 16.8. The molecule has 0 aliphatic rings. The highest BCUT2D eigenvalue weighted by Crippen LogP contribution is 2.24. The molecule has 0 saturated carbocycles. The second kappa shape index (κ2) is 8.34. The number of hydrogen-bond acceptors (Lipinski definition) is 2. The molecule has 24 heavy (non-hydrogen) atoms. The Labute approximate surface area is 147 Å². The largest absolute Gasteiger partial charge is 0.396 e. The van der Waals surface area contributed by atoms with Gasteiger partial charge in [0.2, 0.25) is 0 Å². The molecule has 1 aromatic heterocycles. The molecular formula is C20H23ClN2O. The van der Waals surface area contributed by atoms with Gasteiger partial charge in [-0.1, -0.05) is 48.0 Å². The van der Waals surface area contributed by atoms with Gasteiger partial charge in [0, 0.05) is 41.8 Å². The third kappa shape index (κ3) is 3.99. The van der Waals surface area contributed by atoms with Crippen molar-refractivity contribution in [3.63, 3.8) is 0 Å². The van der Waals surface area contributed by atoms with Crippen molar-refractivity contribution in [1.29, 1.82) is 0 Å². The summed E-state index contributed by atoms with van der Waals surface area (Å²) in [4.78, 5) is 0. The summed E-state index contributed by atoms with van der Waals surface area (Å²) in [5.74, 6) is 0. The van der Waals surface area contributed by atoms with Gasteiger partial charge in [-0.15, -0.1) is 0 Å². The van der Waals surface area contributed by atoms with Crippen molar-refractivity contribution in [1.82, 2.24) is 9.88 Å². The molecule has 0 atom stereocenters. The molecule has 3 rings (SSSR count). The maximum absolute atomic E-state index is 8.85. The fourth-order valence-electron chi connectivity index (χ4n) is 2.99. The van der Waals surface area contributed by atoms with Crippen LogP contribution >= 0.6 is 11.6 Å². The summed E-state index contributed by atoms with van der Waals surface area (Å²) in [6, 6.07) is 16.5. The van der Waals surface area contributed by atoms with Crippen LogP contribution in [-0.2, 0) is 13.1 Å². The number of unbranched alkanes of at least 4 members (excludes halogenated alkanes) is 1. The monoisotopic (exact) mass is 342 g/mol. The van der Waals surface area contributed by atoms with Crippen LogP contribution in [0.1, 0.15) is 24.0 Å². The van der Waals surface area contributed by atoms with Gasteiger partial charge in [-0.2, -0.15) is 0 Å². The van der Waals surface area contributed by atoms with Crippen LogP contribution in [-0.4, -0.2) is 22.8 Å². The minimum Gasteiger partial charge on any atom is -0.396 e. The van der Waals surface area contributed by atoms with Gasteiger partial charge in [-0.3, -0.25) is 0 Å². The second-order valence-corrected chi connectivity index (χ2v) is 6.41. The first-order chi connectivity index (χ1) is 11.8. The number of benzene rings is 2. The Morgan fingerprint density at radius 3 is 2.58 bits per heavy atom. The van der Waals surface area contributed by atoms with E-state index in [1.807, 2.05) is 18.2 Å². The normalized spacial score (nSPS) is 11.2. The van der Waals surface area contributed by atoms with Crippen molar-refractivity contribution in [2.24, 2.45) is 0 Å². The molecule has 3 nitrogen and oxygen atoms in total. The summed E-state index contributed by atoms with van der Waals surface area (Å²) >= 11 is 6.32. The van der Waals surface area contributed by atoms with Crippen LogP contribution < -0.4 is 5.32 Å². The predicted octanol–water partition coefficient (Wildman–Crippen LogP) is 4.21. The summed E-state index contributed by atoms with van der Waals surface area (Å²) in [6.07, 6.45) is 4.06. The zero-order valence-electron chi connectivity index (χ0n) is 13.7. The van der Waals surface area contributed by atoms with Crippen molar-refractivity contribution < 1.29 is 5.11 Å². The first kappa shape index (κ1) is 17.0. The van der Waals surface area contributed by atoms with E-state index >= 15 is 0 Å². The fourth-order valence-corrected chi connectivity index (χ4v) is 3.19. The topological polar surface area (TPSA) is 37.2 Å². The third-order valence-corrected chi connectivity index (χ3v) is 4.62. The molecule has 0 aliphatic carbocycles. The van der Waals surface area contributed by atoms with Gasteiger partial charge in [-0.25, -0.2) is 0 Å². The third-order valence-electron chi connectivity index (χ3n) is 4.25. The maximum atomic E-state index is 8.85. The standard InChI is InChI=1S/C20H23ClN2O/c21-19-9-3-1-7-16(19)14-23-15-17(13-22-11-5-6-12-24)18-8-2-4-10-20(18)23/h1-4,7-10,15,22,24H,5-6,11-14H2. The van der Waals surface area contributed by atoms with E-state index in [1.165, 1.54) is 16.5 Å². The number of fused-ring (bicyclic) bond motifs is 1. The van der Waals surface area contributed by atoms with E-state index in [1.54, 1.807) is 0 Å². The molecule has 0 saturated heterocycles. The minimum absolute atomic E-state index is 0.263. The molecule has 0 unspecified atom stereocenters. The SMILES string of the molecule is OCCCCNCc1cn(Cc2ccccc2Cl)c2ccccc12. The van der Waals surface area contributed by atoms with Crippen molar-refractivity contribution in [3.05, 3.63) is 70.9 Å². The molecule has 0 amide bonds. The summed E-state index contributed by atoms with van der Waals surface area (Å²) in [6.45, 7) is 2.79. The average Bonchev–Trinajstić information content (AvgIpc) is 2.95. The molecule has 1 heterocycles. The summed E-state index contributed by atoms with van der Waals surface area (Å²) in [5.41, 5.74) is 3.65. The molecule has 0 bridgehead atoms. The van der Waals surface area contributed by atoms with E-state index < -0.39 is 0 Å². The van der Waals surface area contributed by atoms with Crippen LogP contribution in [0, 0.1) is 0 Å². The average molecular weight is 343 g/mol. The molecule has 0 radical (unpaired) electrons. The Balaban J connectivity index is 1.80. The highest BCUT2D eigenvalue weighted by Gasteiger charge is 2.09. The van der Waals surface area contributed by atoms with Crippen LogP contribution in [0.4, 0.5) is 0 Å². The highest BCUT2D eigenvalue weighted by molar-refractivity contribution is 6.31. The second-order valence-electron chi connectivity index (χ2n) is 6.00. The van der Waals surface area contributed by atoms with Crippen molar-refractivity contribution in [2.45, 2.75) is 25.9 Å². The lowest BCUT2D eigenvalue weighted by Crippen LogP contribution is -2.14. The van der Waals surface area contributed by atoms with Crippen molar-refractivity contribution in [3.8, 4) is 0 Å². The van der Waals surface area contributed by atoms with Crippen LogP contribution in [0.25, 0.3) is 10.9 Å². The quantitative estimate of drug-likeness (QED) is 0.602. The Kier molecular flexibility index (Phi) is 5.91. The van der Waals surface area contributed by atoms with E-state index in [-0.39, 0.29) is 6.61 Å². The summed E-state index contributed by atoms with van der Waals surface area (Å²) < 4.78 is 2.27. The molecule has 3 aromatic rings. The van der Waals surface area contributed by atoms with Crippen LogP contribution in [0.15, 0.2) is 54.7 Å². The van der Waals surface area contributed by atoms with E-state index in [0.717, 1.165) is 43.1 Å². The Hall–Kier alpha value is -1.81. The van der Waals surface area contributed by atoms with Gasteiger partial charge in [0.25, 0.3) is 0 Å². The van der Waals surface area contributed by atoms with Gasteiger partial charge >= 0.3 is 0 Å². The number of hydrogen-bond donors (Lipinski definition) is 2. The molecule has 126 valence electrons. The Morgan fingerprint density at radius 2 is 1.75 bits per heavy atom. The number of halogens is 1. The molecule has 0 spiro atoms. The van der Waals surface area contributed by atoms with E-state index in [2.05, 4.69) is 46.4 Å². The first-order valence-corrected chi connectivity index (χ1v) is 8.79. The smallest absolute Gasteiger partial charge is 0.0491 e. The Bertz CT molecular complexity index is 797. The van der Waals surface area contributed by atoms with Gasteiger partial charge in [-0.05, 0) is 42.6 Å². The molecule has 4 heteroatoms. The number of nitrogens with zero attached hydrogens (tertiary/aromatic N) is 1. The number of rotatable bonds is 8. The summed E-state index contributed by atoms with van der Waals surface area (Å²) in [7, 11) is 0. The minimum atomic E-state index is 0.263. The van der Waals surface area contributed by atoms with E-state index in [0.29, 0.717) is 0 Å². The predicted molar refractivity (Wildman–Crippen MR) is 101 cm³/mol. The zero-order valence-corrected chi connectivity index (χ0v) is 14.5. The van der Waals surface area contributed by atoms with Crippen LogP contribution in [0.3, 0.4) is 0 Å². The van der Waals surface area contributed by atoms with Crippen molar-refractivity contribution >= 4 is 22.5 Å². The highest BCUT2D eigenvalue weighted by atomic mass is 35.5.